The number of H-pyrrole nitrogens is 1. The average Bonchev–Trinajstić information content (AvgIpc) is 2.95. The molecule has 0 saturated heterocycles. The molecule has 0 saturated carbocycles. The van der Waals surface area contributed by atoms with E-state index >= 15 is 0 Å². The van der Waals surface area contributed by atoms with Gasteiger partial charge in [-0.2, -0.15) is 5.10 Å². The van der Waals surface area contributed by atoms with Gasteiger partial charge in [-0.15, -0.1) is 0 Å². The molecule has 1 aliphatic heterocycles. The van der Waals surface area contributed by atoms with E-state index in [0.717, 1.165) is 5.56 Å². The third kappa shape index (κ3) is 4.54. The summed E-state index contributed by atoms with van der Waals surface area (Å²) in [6.45, 7) is 6.11. The van der Waals surface area contributed by atoms with E-state index in [9.17, 15) is 13.2 Å². The number of sulfonamides is 1. The summed E-state index contributed by atoms with van der Waals surface area (Å²) in [6.07, 6.45) is 0.0508. The largest absolute Gasteiger partial charge is 0.444 e. The molecular weight excluding hydrogens is 392 g/mol. The monoisotopic (exact) mass is 412 g/mol. The third-order valence-electron chi connectivity index (χ3n) is 3.94. The van der Waals surface area contributed by atoms with E-state index in [1.165, 1.54) is 24.3 Å². The smallest absolute Gasteiger partial charge is 0.410 e. The Morgan fingerprint density at radius 3 is 2.59 bits per heavy atom. The van der Waals surface area contributed by atoms with Crippen molar-refractivity contribution >= 4 is 33.5 Å². The van der Waals surface area contributed by atoms with Crippen LogP contribution >= 0.6 is 11.6 Å². The Balaban J connectivity index is 1.75. The van der Waals surface area contributed by atoms with E-state index in [-0.39, 0.29) is 17.3 Å². The molecule has 1 aromatic carbocycles. The summed E-state index contributed by atoms with van der Waals surface area (Å²) in [5.41, 5.74) is 0.846. The molecule has 0 bridgehead atoms. The van der Waals surface area contributed by atoms with Crippen molar-refractivity contribution in [1.82, 2.24) is 15.1 Å². The number of ether oxygens (including phenoxy) is 1. The number of nitrogens with zero attached hydrogens (tertiary/aromatic N) is 2. The van der Waals surface area contributed by atoms with E-state index in [1.54, 1.807) is 25.7 Å². The van der Waals surface area contributed by atoms with Crippen LogP contribution in [0.1, 0.15) is 32.0 Å². The summed E-state index contributed by atoms with van der Waals surface area (Å²) in [5, 5.41) is 7.34. The molecule has 146 valence electrons. The van der Waals surface area contributed by atoms with Gasteiger partial charge in [0.25, 0.3) is 10.0 Å². The molecule has 10 heteroatoms. The van der Waals surface area contributed by atoms with Crippen LogP contribution in [0.15, 0.2) is 29.2 Å². The van der Waals surface area contributed by atoms with Crippen LogP contribution in [-0.4, -0.2) is 41.8 Å². The van der Waals surface area contributed by atoms with Gasteiger partial charge in [0, 0.05) is 17.1 Å². The fraction of sp³-hybridized carbons (Fsp3) is 0.412. The molecule has 0 unspecified atom stereocenters. The van der Waals surface area contributed by atoms with Gasteiger partial charge in [0.2, 0.25) is 0 Å². The highest BCUT2D eigenvalue weighted by atomic mass is 35.5. The number of aromatic amines is 1. The Labute approximate surface area is 162 Å². The second-order valence-electron chi connectivity index (χ2n) is 7.24. The number of benzene rings is 1. The number of anilines is 1. The Hall–Kier alpha value is -2.26. The molecule has 0 aliphatic carbocycles. The van der Waals surface area contributed by atoms with Gasteiger partial charge in [-0.05, 0) is 51.5 Å². The van der Waals surface area contributed by atoms with Gasteiger partial charge < -0.3 is 9.64 Å². The summed E-state index contributed by atoms with van der Waals surface area (Å²) in [5.74, 6) is 0.240. The van der Waals surface area contributed by atoms with Crippen molar-refractivity contribution in [2.75, 3.05) is 11.3 Å². The lowest BCUT2D eigenvalue weighted by Gasteiger charge is -2.29. The van der Waals surface area contributed by atoms with Crippen molar-refractivity contribution in [3.8, 4) is 0 Å². The molecule has 1 amide bonds. The van der Waals surface area contributed by atoms with Gasteiger partial charge in [-0.25, -0.2) is 13.2 Å². The second-order valence-corrected chi connectivity index (χ2v) is 9.36. The highest BCUT2D eigenvalue weighted by Gasteiger charge is 2.29. The third-order valence-corrected chi connectivity index (χ3v) is 5.55. The average molecular weight is 413 g/mol. The highest BCUT2D eigenvalue weighted by Crippen LogP contribution is 2.27. The van der Waals surface area contributed by atoms with Crippen molar-refractivity contribution in [3.05, 3.63) is 40.5 Å². The maximum atomic E-state index is 12.5. The molecule has 2 N–H and O–H groups in total. The van der Waals surface area contributed by atoms with E-state index < -0.39 is 21.7 Å². The van der Waals surface area contributed by atoms with E-state index in [1.807, 2.05) is 0 Å². The minimum absolute atomic E-state index is 0.0924. The number of carbonyl (C=O) groups is 1. The number of hydrogen-bond acceptors (Lipinski definition) is 5. The van der Waals surface area contributed by atoms with Gasteiger partial charge >= 0.3 is 6.09 Å². The van der Waals surface area contributed by atoms with Crippen LogP contribution in [0, 0.1) is 0 Å². The first-order valence-electron chi connectivity index (χ1n) is 8.37. The molecule has 27 heavy (non-hydrogen) atoms. The first-order chi connectivity index (χ1) is 12.5. The molecule has 2 heterocycles. The zero-order chi connectivity index (χ0) is 19.8. The number of nitrogens with one attached hydrogen (secondary N) is 2. The van der Waals surface area contributed by atoms with Crippen LogP contribution in [0.5, 0.6) is 0 Å². The molecular formula is C17H21ClN4O4S. The lowest BCUT2D eigenvalue weighted by atomic mass is 10.1. The van der Waals surface area contributed by atoms with Crippen LogP contribution in [0.3, 0.4) is 0 Å². The zero-order valence-corrected chi connectivity index (χ0v) is 16.8. The minimum atomic E-state index is -3.78. The maximum absolute atomic E-state index is 12.5. The Morgan fingerprint density at radius 2 is 1.96 bits per heavy atom. The van der Waals surface area contributed by atoms with Gasteiger partial charge in [0.1, 0.15) is 5.60 Å². The number of aromatic nitrogens is 2. The second kappa shape index (κ2) is 7.05. The summed E-state index contributed by atoms with van der Waals surface area (Å²) in [7, 11) is -3.78. The first kappa shape index (κ1) is 19.5. The first-order valence-corrected chi connectivity index (χ1v) is 10.2. The topological polar surface area (TPSA) is 104 Å². The summed E-state index contributed by atoms with van der Waals surface area (Å²) >= 11 is 5.80. The molecule has 3 rings (SSSR count). The van der Waals surface area contributed by atoms with E-state index in [4.69, 9.17) is 16.3 Å². The zero-order valence-electron chi connectivity index (χ0n) is 15.2. The predicted octanol–water partition coefficient (Wildman–Crippen LogP) is 3.16. The summed E-state index contributed by atoms with van der Waals surface area (Å²) in [4.78, 5) is 13.9. The number of carbonyl (C=O) groups excluding carboxylic acids is 1. The van der Waals surface area contributed by atoms with Crippen LogP contribution in [0.4, 0.5) is 10.6 Å². The fourth-order valence-electron chi connectivity index (χ4n) is 2.68. The van der Waals surface area contributed by atoms with Crippen LogP contribution in [0.2, 0.25) is 5.02 Å². The lowest BCUT2D eigenvalue weighted by molar-refractivity contribution is 0.0221. The maximum Gasteiger partial charge on any atom is 0.410 e. The quantitative estimate of drug-likeness (QED) is 0.805. The molecule has 0 radical (unpaired) electrons. The normalized spacial score (nSPS) is 14.6. The summed E-state index contributed by atoms with van der Waals surface area (Å²) in [6, 6.07) is 5.87. The molecule has 2 aromatic rings. The number of halogens is 1. The highest BCUT2D eigenvalue weighted by molar-refractivity contribution is 7.92. The molecule has 8 nitrogen and oxygen atoms in total. The Bertz CT molecular complexity index is 948. The minimum Gasteiger partial charge on any atom is -0.444 e. The number of hydrogen-bond donors (Lipinski definition) is 2. The molecule has 0 atom stereocenters. The van der Waals surface area contributed by atoms with Gasteiger partial charge in [-0.3, -0.25) is 9.82 Å². The van der Waals surface area contributed by atoms with Crippen molar-refractivity contribution in [3.63, 3.8) is 0 Å². The summed E-state index contributed by atoms with van der Waals surface area (Å²) < 4.78 is 32.9. The van der Waals surface area contributed by atoms with Crippen molar-refractivity contribution in [2.24, 2.45) is 0 Å². The van der Waals surface area contributed by atoms with E-state index in [0.29, 0.717) is 23.7 Å². The SMILES string of the molecule is CC(C)(C)OC(=O)N1CCc2c(NS(=O)(=O)c3ccc(Cl)cc3)n[nH]c2C1. The molecule has 1 aromatic heterocycles. The molecule has 0 spiro atoms. The number of fused-ring (bicyclic) bond motifs is 1. The van der Waals surface area contributed by atoms with Crippen molar-refractivity contribution in [1.29, 1.82) is 0 Å². The van der Waals surface area contributed by atoms with Crippen LogP contribution in [-0.2, 0) is 27.7 Å². The van der Waals surface area contributed by atoms with Crippen LogP contribution in [0.25, 0.3) is 0 Å². The number of amides is 1. The Morgan fingerprint density at radius 1 is 1.30 bits per heavy atom. The van der Waals surface area contributed by atoms with Gasteiger partial charge in [-0.1, -0.05) is 11.6 Å². The van der Waals surface area contributed by atoms with E-state index in [2.05, 4.69) is 14.9 Å². The number of rotatable bonds is 3. The van der Waals surface area contributed by atoms with Crippen LogP contribution < -0.4 is 4.72 Å². The van der Waals surface area contributed by atoms with Crippen molar-refractivity contribution < 1.29 is 17.9 Å². The predicted molar refractivity (Wildman–Crippen MR) is 101 cm³/mol. The van der Waals surface area contributed by atoms with Gasteiger partial charge in [0.15, 0.2) is 5.82 Å². The standard InChI is InChI=1S/C17H21ClN4O4S/c1-17(2,3)26-16(23)22-9-8-13-14(10-22)19-20-15(13)21-27(24,25)12-6-4-11(18)5-7-12/h4-7H,8-10H2,1-3H3,(H2,19,20,21). The molecule has 0 fully saturated rings. The fourth-order valence-corrected chi connectivity index (χ4v) is 3.85. The Kier molecular flexibility index (Phi) is 5.09. The van der Waals surface area contributed by atoms with Gasteiger partial charge in [0.05, 0.1) is 17.1 Å². The lowest BCUT2D eigenvalue weighted by Crippen LogP contribution is -2.39. The molecule has 1 aliphatic rings. The van der Waals surface area contributed by atoms with Crippen molar-refractivity contribution in [2.45, 2.75) is 44.2 Å².